The zero-order valence-electron chi connectivity index (χ0n) is 12.8. The Bertz CT molecular complexity index is 441. The van der Waals surface area contributed by atoms with Gasteiger partial charge in [0.1, 0.15) is 12.4 Å². The molecule has 0 radical (unpaired) electrons. The summed E-state index contributed by atoms with van der Waals surface area (Å²) >= 11 is 0. The highest BCUT2D eigenvalue weighted by Crippen LogP contribution is 2.15. The third-order valence-corrected chi connectivity index (χ3v) is 2.71. The summed E-state index contributed by atoms with van der Waals surface area (Å²) < 4.78 is 5.66. The SMILES string of the molecule is CN(CCOc1cccc(C(=O)NN)c1)CC(C)(C)C. The van der Waals surface area contributed by atoms with Gasteiger partial charge in [-0.05, 0) is 30.7 Å². The lowest BCUT2D eigenvalue weighted by Gasteiger charge is -2.26. The van der Waals surface area contributed by atoms with Gasteiger partial charge in [-0.2, -0.15) is 0 Å². The van der Waals surface area contributed by atoms with Crippen LogP contribution in [-0.4, -0.2) is 37.6 Å². The minimum absolute atomic E-state index is 0.272. The number of nitrogens with zero attached hydrogens (tertiary/aromatic N) is 1. The molecule has 0 aromatic heterocycles. The van der Waals surface area contributed by atoms with E-state index < -0.39 is 0 Å². The molecule has 3 N–H and O–H groups in total. The topological polar surface area (TPSA) is 67.6 Å². The summed E-state index contributed by atoms with van der Waals surface area (Å²) in [6, 6.07) is 6.99. The number of amides is 1. The summed E-state index contributed by atoms with van der Waals surface area (Å²) in [6.45, 7) is 9.05. The predicted molar refractivity (Wildman–Crippen MR) is 80.5 cm³/mol. The van der Waals surface area contributed by atoms with Crippen LogP contribution in [0.2, 0.25) is 0 Å². The summed E-state index contributed by atoms with van der Waals surface area (Å²) in [5, 5.41) is 0. The van der Waals surface area contributed by atoms with Gasteiger partial charge < -0.3 is 9.64 Å². The standard InChI is InChI=1S/C15H25N3O2/c1-15(2,3)11-18(4)8-9-20-13-7-5-6-12(10-13)14(19)17-16/h5-7,10H,8-9,11,16H2,1-4H3,(H,17,19). The molecule has 5 nitrogen and oxygen atoms in total. The first-order valence-corrected chi connectivity index (χ1v) is 6.74. The highest BCUT2D eigenvalue weighted by Gasteiger charge is 2.13. The first-order chi connectivity index (χ1) is 9.31. The number of carbonyl (C=O) groups is 1. The van der Waals surface area contributed by atoms with E-state index in [-0.39, 0.29) is 11.3 Å². The van der Waals surface area contributed by atoms with Crippen LogP contribution in [0.5, 0.6) is 5.75 Å². The number of hydrazine groups is 1. The molecule has 1 aromatic carbocycles. The van der Waals surface area contributed by atoms with Crippen molar-refractivity contribution in [2.24, 2.45) is 11.3 Å². The Labute approximate surface area is 121 Å². The molecule has 0 aliphatic heterocycles. The molecule has 112 valence electrons. The van der Waals surface area contributed by atoms with E-state index in [9.17, 15) is 4.79 Å². The summed E-state index contributed by atoms with van der Waals surface area (Å²) in [5.74, 6) is 5.46. The molecule has 0 unspecified atom stereocenters. The van der Waals surface area contributed by atoms with E-state index in [1.807, 2.05) is 6.07 Å². The first kappa shape index (κ1) is 16.5. The summed E-state index contributed by atoms with van der Waals surface area (Å²) in [4.78, 5) is 13.6. The Kier molecular flexibility index (Phi) is 5.98. The number of benzene rings is 1. The van der Waals surface area contributed by atoms with E-state index in [2.05, 4.69) is 38.1 Å². The Balaban J connectivity index is 2.44. The zero-order valence-corrected chi connectivity index (χ0v) is 12.8. The third-order valence-electron chi connectivity index (χ3n) is 2.71. The second kappa shape index (κ2) is 7.26. The van der Waals surface area contributed by atoms with Gasteiger partial charge in [0.25, 0.3) is 5.91 Å². The molecule has 0 heterocycles. The second-order valence-corrected chi connectivity index (χ2v) is 6.15. The molecule has 1 amide bonds. The van der Waals surface area contributed by atoms with Crippen LogP contribution >= 0.6 is 0 Å². The van der Waals surface area contributed by atoms with E-state index in [4.69, 9.17) is 10.6 Å². The number of nitrogens with two attached hydrogens (primary N) is 1. The molecular weight excluding hydrogens is 254 g/mol. The van der Waals surface area contributed by atoms with Crippen molar-refractivity contribution in [1.29, 1.82) is 0 Å². The van der Waals surface area contributed by atoms with Gasteiger partial charge >= 0.3 is 0 Å². The molecule has 1 aromatic rings. The van der Waals surface area contributed by atoms with Gasteiger partial charge in [-0.15, -0.1) is 0 Å². The molecule has 0 aliphatic carbocycles. The summed E-state index contributed by atoms with van der Waals surface area (Å²) in [5.41, 5.74) is 2.87. The van der Waals surface area contributed by atoms with E-state index in [1.54, 1.807) is 18.2 Å². The fourth-order valence-corrected chi connectivity index (χ4v) is 2.02. The maximum atomic E-state index is 11.4. The lowest BCUT2D eigenvalue weighted by atomic mass is 9.96. The van der Waals surface area contributed by atoms with Gasteiger partial charge in [0.15, 0.2) is 0 Å². The van der Waals surface area contributed by atoms with Crippen molar-refractivity contribution in [3.8, 4) is 5.75 Å². The van der Waals surface area contributed by atoms with Crippen LogP contribution in [-0.2, 0) is 0 Å². The monoisotopic (exact) mass is 279 g/mol. The van der Waals surface area contributed by atoms with Gasteiger partial charge in [-0.25, -0.2) is 5.84 Å². The molecule has 0 fully saturated rings. The maximum Gasteiger partial charge on any atom is 0.265 e. The Hall–Kier alpha value is -1.59. The number of hydrogen-bond donors (Lipinski definition) is 2. The van der Waals surface area contributed by atoms with Crippen molar-refractivity contribution in [3.63, 3.8) is 0 Å². The van der Waals surface area contributed by atoms with Gasteiger partial charge in [-0.1, -0.05) is 26.8 Å². The molecule has 0 bridgehead atoms. The maximum absolute atomic E-state index is 11.4. The number of nitrogen functional groups attached to an aromatic ring is 1. The van der Waals surface area contributed by atoms with Gasteiger partial charge in [0.2, 0.25) is 0 Å². The fourth-order valence-electron chi connectivity index (χ4n) is 2.02. The first-order valence-electron chi connectivity index (χ1n) is 6.74. The van der Waals surface area contributed by atoms with Crippen LogP contribution < -0.4 is 16.0 Å². The molecule has 1 rings (SSSR count). The average Bonchev–Trinajstić information content (AvgIpc) is 2.36. The van der Waals surface area contributed by atoms with Crippen molar-refractivity contribution in [1.82, 2.24) is 10.3 Å². The van der Waals surface area contributed by atoms with E-state index in [1.165, 1.54) is 0 Å². The Morgan fingerprint density at radius 1 is 1.40 bits per heavy atom. The fraction of sp³-hybridized carbons (Fsp3) is 0.533. The molecule has 0 saturated heterocycles. The number of nitrogens with one attached hydrogen (secondary N) is 1. The molecule has 5 heteroatoms. The Morgan fingerprint density at radius 3 is 2.70 bits per heavy atom. The van der Waals surface area contributed by atoms with Crippen LogP contribution in [0.15, 0.2) is 24.3 Å². The largest absolute Gasteiger partial charge is 0.492 e. The van der Waals surface area contributed by atoms with Crippen LogP contribution in [0, 0.1) is 5.41 Å². The molecular formula is C15H25N3O2. The summed E-state index contributed by atoms with van der Waals surface area (Å²) in [6.07, 6.45) is 0. The summed E-state index contributed by atoms with van der Waals surface area (Å²) in [7, 11) is 2.08. The number of rotatable bonds is 6. The van der Waals surface area contributed by atoms with Gasteiger partial charge in [-0.3, -0.25) is 10.2 Å². The number of hydrogen-bond acceptors (Lipinski definition) is 4. The zero-order chi connectivity index (χ0) is 15.2. The van der Waals surface area contributed by atoms with Crippen LogP contribution in [0.1, 0.15) is 31.1 Å². The van der Waals surface area contributed by atoms with Crippen LogP contribution in [0.3, 0.4) is 0 Å². The van der Waals surface area contributed by atoms with Crippen molar-refractivity contribution in [2.45, 2.75) is 20.8 Å². The molecule has 20 heavy (non-hydrogen) atoms. The van der Waals surface area contributed by atoms with Crippen LogP contribution in [0.25, 0.3) is 0 Å². The van der Waals surface area contributed by atoms with Crippen molar-refractivity contribution >= 4 is 5.91 Å². The number of likely N-dealkylation sites (N-methyl/N-ethyl adjacent to an activating group) is 1. The van der Waals surface area contributed by atoms with E-state index >= 15 is 0 Å². The smallest absolute Gasteiger partial charge is 0.265 e. The Morgan fingerprint density at radius 2 is 2.10 bits per heavy atom. The van der Waals surface area contributed by atoms with Gasteiger partial charge in [0, 0.05) is 18.7 Å². The minimum atomic E-state index is -0.319. The van der Waals surface area contributed by atoms with Crippen molar-refractivity contribution in [2.75, 3.05) is 26.7 Å². The van der Waals surface area contributed by atoms with E-state index in [0.717, 1.165) is 13.1 Å². The second-order valence-electron chi connectivity index (χ2n) is 6.15. The molecule has 0 saturated carbocycles. The lowest BCUT2D eigenvalue weighted by molar-refractivity contribution is 0.0953. The average molecular weight is 279 g/mol. The lowest BCUT2D eigenvalue weighted by Crippen LogP contribution is -2.32. The predicted octanol–water partition coefficient (Wildman–Crippen LogP) is 1.65. The highest BCUT2D eigenvalue weighted by atomic mass is 16.5. The minimum Gasteiger partial charge on any atom is -0.492 e. The van der Waals surface area contributed by atoms with Crippen LogP contribution in [0.4, 0.5) is 0 Å². The van der Waals surface area contributed by atoms with Crippen molar-refractivity contribution < 1.29 is 9.53 Å². The van der Waals surface area contributed by atoms with Crippen molar-refractivity contribution in [3.05, 3.63) is 29.8 Å². The van der Waals surface area contributed by atoms with E-state index in [0.29, 0.717) is 17.9 Å². The quantitative estimate of drug-likeness (QED) is 0.472. The number of carbonyl (C=O) groups excluding carboxylic acids is 1. The third kappa shape index (κ3) is 6.04. The highest BCUT2D eigenvalue weighted by molar-refractivity contribution is 5.94. The molecule has 0 atom stereocenters. The van der Waals surface area contributed by atoms with Gasteiger partial charge in [0.05, 0.1) is 0 Å². The number of ether oxygens (including phenoxy) is 1. The normalized spacial score (nSPS) is 11.5. The molecule has 0 spiro atoms. The molecule has 0 aliphatic rings.